The molecule has 1 heterocycles. The minimum atomic E-state index is -0.487. The van der Waals surface area contributed by atoms with Crippen LogP contribution in [0, 0.1) is 13.8 Å². The molecule has 0 bridgehead atoms. The van der Waals surface area contributed by atoms with Crippen molar-refractivity contribution in [2.45, 2.75) is 20.8 Å². The highest BCUT2D eigenvalue weighted by Gasteiger charge is 2.13. The maximum absolute atomic E-state index is 11.7. The summed E-state index contributed by atoms with van der Waals surface area (Å²) in [7, 11) is 0. The van der Waals surface area contributed by atoms with Crippen LogP contribution >= 0.6 is 0 Å². The summed E-state index contributed by atoms with van der Waals surface area (Å²) in [4.78, 5) is 20.1. The average Bonchev–Trinajstić information content (AvgIpc) is 2.39. The first-order chi connectivity index (χ1) is 9.10. The number of aryl methyl sites for hydroxylation is 2. The molecule has 0 saturated carbocycles. The standard InChI is InChI=1S/C15H16N2O2/c1-4-19-15(18)14-16-11(3)9-13(17-14)12-7-5-10(2)6-8-12/h5-9H,4H2,1-3H3. The van der Waals surface area contributed by atoms with Crippen LogP contribution in [0.2, 0.25) is 0 Å². The summed E-state index contributed by atoms with van der Waals surface area (Å²) in [6.07, 6.45) is 0. The van der Waals surface area contributed by atoms with Gasteiger partial charge in [-0.1, -0.05) is 29.8 Å². The third-order valence-electron chi connectivity index (χ3n) is 2.66. The van der Waals surface area contributed by atoms with E-state index in [-0.39, 0.29) is 5.82 Å². The van der Waals surface area contributed by atoms with Gasteiger partial charge in [0.1, 0.15) is 0 Å². The Hall–Kier alpha value is -2.23. The molecule has 98 valence electrons. The third kappa shape index (κ3) is 3.16. The number of carbonyl (C=O) groups is 1. The van der Waals surface area contributed by atoms with Gasteiger partial charge in [0.25, 0.3) is 0 Å². The molecule has 4 heteroatoms. The highest BCUT2D eigenvalue weighted by molar-refractivity contribution is 5.85. The van der Waals surface area contributed by atoms with E-state index in [4.69, 9.17) is 4.74 Å². The molecule has 0 amide bonds. The Morgan fingerprint density at radius 3 is 2.47 bits per heavy atom. The van der Waals surface area contributed by atoms with E-state index < -0.39 is 5.97 Å². The summed E-state index contributed by atoms with van der Waals surface area (Å²) in [6, 6.07) is 9.83. The molecule has 0 aliphatic heterocycles. The number of nitrogens with zero attached hydrogens (tertiary/aromatic N) is 2. The van der Waals surface area contributed by atoms with E-state index in [0.717, 1.165) is 17.0 Å². The van der Waals surface area contributed by atoms with Gasteiger partial charge in [0.15, 0.2) is 0 Å². The van der Waals surface area contributed by atoms with Gasteiger partial charge in [-0.25, -0.2) is 14.8 Å². The van der Waals surface area contributed by atoms with E-state index >= 15 is 0 Å². The lowest BCUT2D eigenvalue weighted by Gasteiger charge is -2.06. The van der Waals surface area contributed by atoms with Crippen LogP contribution in [0.25, 0.3) is 11.3 Å². The zero-order valence-corrected chi connectivity index (χ0v) is 11.3. The number of esters is 1. The van der Waals surface area contributed by atoms with Gasteiger partial charge in [0.05, 0.1) is 12.3 Å². The van der Waals surface area contributed by atoms with Crippen molar-refractivity contribution in [1.82, 2.24) is 9.97 Å². The fourth-order valence-electron chi connectivity index (χ4n) is 1.73. The van der Waals surface area contributed by atoms with Gasteiger partial charge < -0.3 is 4.74 Å². The molecule has 0 saturated heterocycles. The van der Waals surface area contributed by atoms with Crippen LogP contribution in [-0.2, 0) is 4.74 Å². The van der Waals surface area contributed by atoms with Gasteiger partial charge in [-0.15, -0.1) is 0 Å². The van der Waals surface area contributed by atoms with Crippen molar-refractivity contribution in [1.29, 1.82) is 0 Å². The minimum absolute atomic E-state index is 0.109. The Bertz CT molecular complexity index is 592. The zero-order valence-electron chi connectivity index (χ0n) is 11.3. The Morgan fingerprint density at radius 2 is 1.84 bits per heavy atom. The molecule has 0 aliphatic carbocycles. The smallest absolute Gasteiger partial charge is 0.376 e. The lowest BCUT2D eigenvalue weighted by atomic mass is 10.1. The SMILES string of the molecule is CCOC(=O)c1nc(C)cc(-c2ccc(C)cc2)n1. The Balaban J connectivity index is 2.41. The maximum Gasteiger partial charge on any atom is 0.376 e. The molecule has 1 aromatic carbocycles. The van der Waals surface area contributed by atoms with E-state index in [9.17, 15) is 4.79 Å². The van der Waals surface area contributed by atoms with Gasteiger partial charge in [0.2, 0.25) is 5.82 Å². The van der Waals surface area contributed by atoms with E-state index in [1.165, 1.54) is 5.56 Å². The molecule has 19 heavy (non-hydrogen) atoms. The number of aromatic nitrogens is 2. The Labute approximate surface area is 112 Å². The topological polar surface area (TPSA) is 52.1 Å². The van der Waals surface area contributed by atoms with Crippen molar-refractivity contribution < 1.29 is 9.53 Å². The van der Waals surface area contributed by atoms with Gasteiger partial charge in [-0.05, 0) is 26.8 Å². The summed E-state index contributed by atoms with van der Waals surface area (Å²) >= 11 is 0. The van der Waals surface area contributed by atoms with E-state index in [0.29, 0.717) is 6.61 Å². The van der Waals surface area contributed by atoms with Crippen molar-refractivity contribution in [3.05, 3.63) is 47.4 Å². The highest BCUT2D eigenvalue weighted by Crippen LogP contribution is 2.18. The first-order valence-electron chi connectivity index (χ1n) is 6.20. The third-order valence-corrected chi connectivity index (χ3v) is 2.66. The minimum Gasteiger partial charge on any atom is -0.460 e. The molecule has 0 unspecified atom stereocenters. The Kier molecular flexibility index (Phi) is 3.90. The molecule has 0 aliphatic rings. The van der Waals surface area contributed by atoms with Gasteiger partial charge >= 0.3 is 5.97 Å². The van der Waals surface area contributed by atoms with Gasteiger partial charge in [-0.3, -0.25) is 0 Å². The molecular weight excluding hydrogens is 240 g/mol. The number of ether oxygens (including phenoxy) is 1. The van der Waals surface area contributed by atoms with Crippen LogP contribution in [0.1, 0.15) is 28.8 Å². The van der Waals surface area contributed by atoms with Crippen molar-refractivity contribution in [3.63, 3.8) is 0 Å². The summed E-state index contributed by atoms with van der Waals surface area (Å²) < 4.78 is 4.93. The number of benzene rings is 1. The van der Waals surface area contributed by atoms with Crippen molar-refractivity contribution in [2.24, 2.45) is 0 Å². The molecule has 0 fully saturated rings. The van der Waals surface area contributed by atoms with Crippen molar-refractivity contribution in [2.75, 3.05) is 6.61 Å². The molecule has 0 spiro atoms. The van der Waals surface area contributed by atoms with Gasteiger partial charge in [-0.2, -0.15) is 0 Å². The van der Waals surface area contributed by atoms with Crippen molar-refractivity contribution >= 4 is 5.97 Å². The first kappa shape index (κ1) is 13.2. The quantitative estimate of drug-likeness (QED) is 0.792. The monoisotopic (exact) mass is 256 g/mol. The first-order valence-corrected chi connectivity index (χ1v) is 6.20. The molecule has 2 aromatic rings. The summed E-state index contributed by atoms with van der Waals surface area (Å²) in [5.41, 5.74) is 3.62. The largest absolute Gasteiger partial charge is 0.460 e. The molecule has 0 radical (unpaired) electrons. The van der Waals surface area contributed by atoms with Crippen LogP contribution in [0.15, 0.2) is 30.3 Å². The van der Waals surface area contributed by atoms with E-state index in [1.807, 2.05) is 44.2 Å². The molecule has 0 N–H and O–H groups in total. The lowest BCUT2D eigenvalue weighted by Crippen LogP contribution is -2.11. The molecule has 1 aromatic heterocycles. The number of rotatable bonds is 3. The molecule has 2 rings (SSSR count). The van der Waals surface area contributed by atoms with E-state index in [1.54, 1.807) is 6.92 Å². The number of carbonyl (C=O) groups excluding carboxylic acids is 1. The molecular formula is C15H16N2O2. The average molecular weight is 256 g/mol. The fraction of sp³-hybridized carbons (Fsp3) is 0.267. The highest BCUT2D eigenvalue weighted by atomic mass is 16.5. The van der Waals surface area contributed by atoms with Crippen LogP contribution in [-0.4, -0.2) is 22.5 Å². The van der Waals surface area contributed by atoms with Crippen LogP contribution in [0.5, 0.6) is 0 Å². The molecule has 0 atom stereocenters. The molecule has 4 nitrogen and oxygen atoms in total. The summed E-state index contributed by atoms with van der Waals surface area (Å²) in [5.74, 6) is -0.378. The second-order valence-corrected chi connectivity index (χ2v) is 4.30. The van der Waals surface area contributed by atoms with Crippen LogP contribution < -0.4 is 0 Å². The predicted octanol–water partition coefficient (Wildman–Crippen LogP) is 2.94. The number of hydrogen-bond acceptors (Lipinski definition) is 4. The second kappa shape index (κ2) is 5.61. The zero-order chi connectivity index (χ0) is 13.8. The number of hydrogen-bond donors (Lipinski definition) is 0. The van der Waals surface area contributed by atoms with E-state index in [2.05, 4.69) is 9.97 Å². The van der Waals surface area contributed by atoms with Crippen LogP contribution in [0.4, 0.5) is 0 Å². The summed E-state index contributed by atoms with van der Waals surface area (Å²) in [5, 5.41) is 0. The second-order valence-electron chi connectivity index (χ2n) is 4.30. The fourth-order valence-corrected chi connectivity index (χ4v) is 1.73. The normalized spacial score (nSPS) is 10.3. The Morgan fingerprint density at radius 1 is 1.16 bits per heavy atom. The predicted molar refractivity (Wildman–Crippen MR) is 72.9 cm³/mol. The lowest BCUT2D eigenvalue weighted by molar-refractivity contribution is 0.0512. The van der Waals surface area contributed by atoms with Crippen molar-refractivity contribution in [3.8, 4) is 11.3 Å². The maximum atomic E-state index is 11.7. The van der Waals surface area contributed by atoms with Gasteiger partial charge in [0, 0.05) is 11.3 Å². The van der Waals surface area contributed by atoms with Crippen LogP contribution in [0.3, 0.4) is 0 Å². The summed E-state index contributed by atoms with van der Waals surface area (Å²) in [6.45, 7) is 5.94.